The Balaban J connectivity index is 1.94. The number of fused-ring (bicyclic) bond motifs is 3. The largest absolute Gasteiger partial charge is 0.254 e. The molecule has 2 heterocycles. The summed E-state index contributed by atoms with van der Waals surface area (Å²) in [4.78, 5) is 9.28. The first kappa shape index (κ1) is 13.2. The van der Waals surface area contributed by atoms with Crippen LogP contribution < -0.4 is 0 Å². The van der Waals surface area contributed by atoms with Crippen molar-refractivity contribution >= 4 is 0 Å². The lowest BCUT2D eigenvalue weighted by Crippen LogP contribution is -2.15. The molecular weight excluding hydrogens is 268 g/mol. The SMILES string of the molecule is Cc1cccc(-c2cc3c(cn2)C(C)(C)c2ccccc2-3)n1. The molecule has 3 aromatic rings. The van der Waals surface area contributed by atoms with E-state index >= 15 is 0 Å². The van der Waals surface area contributed by atoms with Gasteiger partial charge in [0.15, 0.2) is 0 Å². The second-order valence-corrected chi connectivity index (χ2v) is 6.45. The monoisotopic (exact) mass is 286 g/mol. The summed E-state index contributed by atoms with van der Waals surface area (Å²) in [5.74, 6) is 0. The molecule has 0 amide bonds. The molecule has 0 spiro atoms. The minimum Gasteiger partial charge on any atom is -0.254 e. The maximum absolute atomic E-state index is 4.68. The highest BCUT2D eigenvalue weighted by atomic mass is 14.8. The van der Waals surface area contributed by atoms with Crippen LogP contribution in [0.1, 0.15) is 30.7 Å². The molecule has 2 heteroatoms. The van der Waals surface area contributed by atoms with Crippen molar-refractivity contribution in [1.29, 1.82) is 0 Å². The van der Waals surface area contributed by atoms with Gasteiger partial charge >= 0.3 is 0 Å². The molecule has 0 saturated heterocycles. The van der Waals surface area contributed by atoms with Gasteiger partial charge in [0, 0.05) is 17.3 Å². The third-order valence-corrected chi connectivity index (χ3v) is 4.62. The van der Waals surface area contributed by atoms with Gasteiger partial charge in [-0.3, -0.25) is 9.97 Å². The maximum atomic E-state index is 4.68. The van der Waals surface area contributed by atoms with Gasteiger partial charge in [0.1, 0.15) is 0 Å². The van der Waals surface area contributed by atoms with Crippen LogP contribution in [0.25, 0.3) is 22.5 Å². The van der Waals surface area contributed by atoms with E-state index in [0.29, 0.717) is 0 Å². The number of pyridine rings is 2. The number of rotatable bonds is 1. The van der Waals surface area contributed by atoms with Crippen molar-refractivity contribution in [2.45, 2.75) is 26.2 Å². The van der Waals surface area contributed by atoms with Gasteiger partial charge < -0.3 is 0 Å². The molecule has 1 aromatic carbocycles. The van der Waals surface area contributed by atoms with Crippen molar-refractivity contribution in [2.24, 2.45) is 0 Å². The smallest absolute Gasteiger partial charge is 0.0892 e. The van der Waals surface area contributed by atoms with Crippen LogP contribution in [0.4, 0.5) is 0 Å². The average molecular weight is 286 g/mol. The Bertz CT molecular complexity index is 878. The van der Waals surface area contributed by atoms with Gasteiger partial charge in [0.2, 0.25) is 0 Å². The standard InChI is InChI=1S/C20H18N2/c1-13-7-6-10-18(22-13)19-11-15-14-8-4-5-9-16(14)20(2,3)17(15)12-21-19/h4-12H,1-3H3. The lowest BCUT2D eigenvalue weighted by atomic mass is 9.83. The van der Waals surface area contributed by atoms with Gasteiger partial charge in [0.05, 0.1) is 11.4 Å². The van der Waals surface area contributed by atoms with Crippen LogP contribution in [0.5, 0.6) is 0 Å². The third kappa shape index (κ3) is 1.80. The van der Waals surface area contributed by atoms with Crippen molar-refractivity contribution in [2.75, 3.05) is 0 Å². The van der Waals surface area contributed by atoms with Crippen LogP contribution in [-0.4, -0.2) is 9.97 Å². The Labute approximate surface area is 130 Å². The summed E-state index contributed by atoms with van der Waals surface area (Å²) in [6.07, 6.45) is 2.02. The molecule has 1 aliphatic rings. The Morgan fingerprint density at radius 3 is 2.45 bits per heavy atom. The summed E-state index contributed by atoms with van der Waals surface area (Å²) < 4.78 is 0. The van der Waals surface area contributed by atoms with Gasteiger partial charge in [-0.25, -0.2) is 0 Å². The molecule has 108 valence electrons. The van der Waals surface area contributed by atoms with Crippen LogP contribution in [-0.2, 0) is 5.41 Å². The lowest BCUT2D eigenvalue weighted by molar-refractivity contribution is 0.657. The highest BCUT2D eigenvalue weighted by Crippen LogP contribution is 2.48. The van der Waals surface area contributed by atoms with Crippen LogP contribution in [0, 0.1) is 6.92 Å². The molecule has 2 aromatic heterocycles. The Morgan fingerprint density at radius 2 is 1.64 bits per heavy atom. The molecule has 2 nitrogen and oxygen atoms in total. The lowest BCUT2D eigenvalue weighted by Gasteiger charge is -2.20. The van der Waals surface area contributed by atoms with E-state index in [1.54, 1.807) is 0 Å². The molecule has 0 saturated carbocycles. The first-order valence-corrected chi connectivity index (χ1v) is 7.62. The fourth-order valence-corrected chi connectivity index (χ4v) is 3.41. The predicted octanol–water partition coefficient (Wildman–Crippen LogP) is 4.76. The number of aromatic nitrogens is 2. The van der Waals surface area contributed by atoms with Gasteiger partial charge in [0.25, 0.3) is 0 Å². The zero-order chi connectivity index (χ0) is 15.3. The van der Waals surface area contributed by atoms with E-state index in [1.807, 2.05) is 31.3 Å². The fourth-order valence-electron chi connectivity index (χ4n) is 3.41. The summed E-state index contributed by atoms with van der Waals surface area (Å²) in [6, 6.07) is 16.9. The Hall–Kier alpha value is -2.48. The summed E-state index contributed by atoms with van der Waals surface area (Å²) in [5, 5.41) is 0. The molecule has 0 N–H and O–H groups in total. The highest BCUT2D eigenvalue weighted by molar-refractivity contribution is 5.82. The van der Waals surface area contributed by atoms with Crippen LogP contribution in [0.15, 0.2) is 54.7 Å². The normalized spacial score (nSPS) is 14.5. The molecule has 0 aliphatic heterocycles. The summed E-state index contributed by atoms with van der Waals surface area (Å²) in [5.41, 5.74) is 8.18. The van der Waals surface area contributed by atoms with Crippen LogP contribution in [0.3, 0.4) is 0 Å². The Morgan fingerprint density at radius 1 is 0.818 bits per heavy atom. The third-order valence-electron chi connectivity index (χ3n) is 4.62. The van der Waals surface area contributed by atoms with Gasteiger partial charge in [-0.05, 0) is 47.4 Å². The van der Waals surface area contributed by atoms with Crippen molar-refractivity contribution in [3.63, 3.8) is 0 Å². The summed E-state index contributed by atoms with van der Waals surface area (Å²) in [6.45, 7) is 6.54. The molecule has 22 heavy (non-hydrogen) atoms. The van der Waals surface area contributed by atoms with E-state index in [1.165, 1.54) is 22.3 Å². The van der Waals surface area contributed by atoms with E-state index in [-0.39, 0.29) is 5.41 Å². The number of aryl methyl sites for hydroxylation is 1. The predicted molar refractivity (Wildman–Crippen MR) is 89.8 cm³/mol. The number of benzene rings is 1. The maximum Gasteiger partial charge on any atom is 0.0892 e. The van der Waals surface area contributed by atoms with Crippen molar-refractivity contribution in [1.82, 2.24) is 9.97 Å². The second kappa shape index (κ2) is 4.51. The number of hydrogen-bond donors (Lipinski definition) is 0. The van der Waals surface area contributed by atoms with Gasteiger partial charge in [-0.1, -0.05) is 44.2 Å². The quantitative estimate of drug-likeness (QED) is 0.644. The minimum absolute atomic E-state index is 0.0114. The molecule has 0 radical (unpaired) electrons. The molecule has 0 atom stereocenters. The van der Waals surface area contributed by atoms with E-state index in [0.717, 1.165) is 17.1 Å². The highest BCUT2D eigenvalue weighted by Gasteiger charge is 2.35. The van der Waals surface area contributed by atoms with Crippen molar-refractivity contribution in [3.8, 4) is 22.5 Å². The first-order valence-electron chi connectivity index (χ1n) is 7.62. The minimum atomic E-state index is 0.0114. The van der Waals surface area contributed by atoms with Crippen molar-refractivity contribution in [3.05, 3.63) is 71.5 Å². The molecule has 4 rings (SSSR count). The average Bonchev–Trinajstić information content (AvgIpc) is 2.76. The molecule has 1 aliphatic carbocycles. The zero-order valence-electron chi connectivity index (χ0n) is 13.1. The molecule has 0 unspecified atom stereocenters. The van der Waals surface area contributed by atoms with Crippen LogP contribution in [0.2, 0.25) is 0 Å². The van der Waals surface area contributed by atoms with E-state index < -0.39 is 0 Å². The van der Waals surface area contributed by atoms with Gasteiger partial charge in [-0.15, -0.1) is 0 Å². The van der Waals surface area contributed by atoms with Crippen molar-refractivity contribution < 1.29 is 0 Å². The first-order chi connectivity index (χ1) is 10.6. The molecule has 0 fully saturated rings. The van der Waals surface area contributed by atoms with E-state index in [4.69, 9.17) is 0 Å². The van der Waals surface area contributed by atoms with Gasteiger partial charge in [-0.2, -0.15) is 0 Å². The molecule has 0 bridgehead atoms. The van der Waals surface area contributed by atoms with E-state index in [9.17, 15) is 0 Å². The van der Waals surface area contributed by atoms with Crippen LogP contribution >= 0.6 is 0 Å². The summed E-state index contributed by atoms with van der Waals surface area (Å²) in [7, 11) is 0. The molecular formula is C20H18N2. The second-order valence-electron chi connectivity index (χ2n) is 6.45. The number of nitrogens with zero attached hydrogens (tertiary/aromatic N) is 2. The summed E-state index contributed by atoms with van der Waals surface area (Å²) >= 11 is 0. The number of hydrogen-bond acceptors (Lipinski definition) is 2. The topological polar surface area (TPSA) is 25.8 Å². The zero-order valence-corrected chi connectivity index (χ0v) is 13.1. The fraction of sp³-hybridized carbons (Fsp3) is 0.200. The van der Waals surface area contributed by atoms with E-state index in [2.05, 4.69) is 54.1 Å². The Kier molecular flexibility index (Phi) is 2.70.